The molecule has 4 aliphatic rings. The summed E-state index contributed by atoms with van der Waals surface area (Å²) >= 11 is 0. The monoisotopic (exact) mass is 1070 g/mol. The van der Waals surface area contributed by atoms with Gasteiger partial charge in [0.15, 0.2) is 12.6 Å². The predicted octanol–water partition coefficient (Wildman–Crippen LogP) is 8.57. The molecular formula is C59H71N9O10. The number of carbonyl (C=O) groups is 5. The number of amides is 5. The first-order valence-electron chi connectivity index (χ1n) is 26.8. The van der Waals surface area contributed by atoms with Crippen LogP contribution in [-0.4, -0.2) is 139 Å². The number of piperazine rings is 1. The molecule has 4 atom stereocenters. The van der Waals surface area contributed by atoms with E-state index in [1.165, 1.54) is 0 Å². The number of rotatable bonds is 15. The maximum Gasteiger partial charge on any atom is 0.416 e. The molecule has 0 spiro atoms. The fourth-order valence-corrected chi connectivity index (χ4v) is 10.9. The maximum atomic E-state index is 14.4. The topological polar surface area (TPSA) is 206 Å². The fourth-order valence-electron chi connectivity index (χ4n) is 10.9. The molecule has 19 nitrogen and oxygen atoms in total. The van der Waals surface area contributed by atoms with E-state index in [4.69, 9.17) is 28.8 Å². The number of fused-ring (bicyclic) bond motifs is 6. The van der Waals surface area contributed by atoms with Crippen LogP contribution in [0.5, 0.6) is 5.75 Å². The third-order valence-corrected chi connectivity index (χ3v) is 14.9. The van der Waals surface area contributed by atoms with Crippen LogP contribution in [0.25, 0.3) is 22.4 Å². The number of nitrogens with zero attached hydrogens (tertiary/aromatic N) is 6. The number of para-hydroxylation sites is 1. The zero-order valence-electron chi connectivity index (χ0n) is 45.7. The second-order valence-electron chi connectivity index (χ2n) is 21.7. The van der Waals surface area contributed by atoms with Crippen molar-refractivity contribution in [2.24, 2.45) is 5.92 Å². The maximum absolute atomic E-state index is 14.4. The van der Waals surface area contributed by atoms with E-state index in [0.717, 1.165) is 52.9 Å². The Kier molecular flexibility index (Phi) is 16.8. The summed E-state index contributed by atoms with van der Waals surface area (Å²) in [5, 5.41) is 17.6. The second kappa shape index (κ2) is 23.9. The average molecular weight is 1070 g/mol. The number of carbonyl (C=O) groups excluding carboxylic acids is 5. The fraction of sp³-hybridized carbons (Fsp3) is 0.441. The molecule has 1 aromatic heterocycles. The summed E-state index contributed by atoms with van der Waals surface area (Å²) in [5.74, 6) is -0.489. The Bertz CT molecular complexity index is 2930. The van der Waals surface area contributed by atoms with Crippen molar-refractivity contribution in [2.45, 2.75) is 110 Å². The SMILES string of the molecule is COCOc1ccccc1-c1cc2c(nn1)N(C(=O)OCc1ccc(NC(=O)[C@H](C)NC(=O)[C@@H](NC(=O)OCC3c4ccccc4-c4ccccc43)C(C)C)cc1)[C@@H](C)[C@@H]1CN(C3CCN(C(=O)OC(C)(C)C)CC3)CCN21. The van der Waals surface area contributed by atoms with Crippen LogP contribution in [0.2, 0.25) is 0 Å². The van der Waals surface area contributed by atoms with Gasteiger partial charge in [0.2, 0.25) is 11.8 Å². The molecule has 0 saturated carbocycles. The van der Waals surface area contributed by atoms with Gasteiger partial charge >= 0.3 is 18.3 Å². The number of aromatic nitrogens is 2. The normalized spacial score (nSPS) is 18.1. The minimum absolute atomic E-state index is 0.0526. The van der Waals surface area contributed by atoms with E-state index in [1.807, 2.05) is 94.4 Å². The van der Waals surface area contributed by atoms with Gasteiger partial charge < -0.3 is 49.4 Å². The van der Waals surface area contributed by atoms with Gasteiger partial charge in [-0.25, -0.2) is 14.4 Å². The molecule has 0 unspecified atom stereocenters. The summed E-state index contributed by atoms with van der Waals surface area (Å²) in [6.45, 7) is 16.2. The van der Waals surface area contributed by atoms with E-state index in [-0.39, 0.29) is 56.1 Å². The molecule has 412 valence electrons. The van der Waals surface area contributed by atoms with Crippen LogP contribution in [0.1, 0.15) is 83.9 Å². The highest BCUT2D eigenvalue weighted by atomic mass is 16.7. The molecule has 3 aliphatic heterocycles. The van der Waals surface area contributed by atoms with Gasteiger partial charge in [0.05, 0.1) is 23.5 Å². The standard InChI is InChI=1S/C59H71N9O10/c1-36(2)52(62-56(71)75-34-47-44-17-11-9-15-42(44)43-16-10-12-18-45(43)47)55(70)60-37(3)54(69)61-40-23-21-39(22-24-40)33-76-58(73)68-38(4)50-32-66(41-25-27-65(28-26-41)57(72)78-59(5,6)7)29-30-67(50)49-31-48(63-64-53(49)68)46-19-13-14-20-51(46)77-35-74-8/h9-24,31,36-38,41,47,50,52H,25-30,32-35H2,1-8H3,(H,60,70)(H,61,69)(H,62,71)/t37-,38-,50-,52-/m0/s1. The van der Waals surface area contributed by atoms with Crippen LogP contribution in [0.3, 0.4) is 0 Å². The number of hydrogen-bond acceptors (Lipinski definition) is 14. The second-order valence-corrected chi connectivity index (χ2v) is 21.7. The summed E-state index contributed by atoms with van der Waals surface area (Å²) in [4.78, 5) is 75.6. The zero-order chi connectivity index (χ0) is 55.3. The number of hydrogen-bond donors (Lipinski definition) is 3. The zero-order valence-corrected chi connectivity index (χ0v) is 45.7. The highest BCUT2D eigenvalue weighted by Gasteiger charge is 2.46. The predicted molar refractivity (Wildman–Crippen MR) is 295 cm³/mol. The summed E-state index contributed by atoms with van der Waals surface area (Å²) < 4.78 is 28.5. The number of likely N-dealkylation sites (tertiary alicyclic amines) is 1. The van der Waals surface area contributed by atoms with Gasteiger partial charge in [-0.15, -0.1) is 10.2 Å². The molecule has 2 saturated heterocycles. The van der Waals surface area contributed by atoms with Crippen LogP contribution < -0.4 is 30.5 Å². The Labute approximate surface area is 455 Å². The number of anilines is 3. The first kappa shape index (κ1) is 55.0. The molecule has 5 amide bonds. The van der Waals surface area contributed by atoms with E-state index < -0.39 is 41.7 Å². The van der Waals surface area contributed by atoms with E-state index in [1.54, 1.807) is 61.9 Å². The first-order valence-corrected chi connectivity index (χ1v) is 26.8. The first-order chi connectivity index (χ1) is 37.5. The number of methoxy groups -OCH3 is 1. The van der Waals surface area contributed by atoms with Gasteiger partial charge in [-0.2, -0.15) is 0 Å². The van der Waals surface area contributed by atoms with Crippen molar-refractivity contribution in [2.75, 3.05) is 68.4 Å². The molecular weight excluding hydrogens is 995 g/mol. The highest BCUT2D eigenvalue weighted by molar-refractivity contribution is 5.98. The summed E-state index contributed by atoms with van der Waals surface area (Å²) in [6, 6.07) is 30.3. The largest absolute Gasteiger partial charge is 0.467 e. The van der Waals surface area contributed by atoms with Crippen molar-refractivity contribution in [3.8, 4) is 28.1 Å². The molecule has 2 fully saturated rings. The van der Waals surface area contributed by atoms with Crippen LogP contribution in [0, 0.1) is 5.92 Å². The molecule has 4 aromatic carbocycles. The van der Waals surface area contributed by atoms with E-state index >= 15 is 0 Å². The van der Waals surface area contributed by atoms with Gasteiger partial charge in [0.1, 0.15) is 36.6 Å². The van der Waals surface area contributed by atoms with Crippen molar-refractivity contribution >= 4 is 47.3 Å². The van der Waals surface area contributed by atoms with Gasteiger partial charge in [-0.3, -0.25) is 19.4 Å². The Morgan fingerprint density at radius 1 is 0.744 bits per heavy atom. The van der Waals surface area contributed by atoms with Crippen molar-refractivity contribution in [1.29, 1.82) is 0 Å². The lowest BCUT2D eigenvalue weighted by Crippen LogP contribution is -2.66. The Morgan fingerprint density at radius 3 is 2.05 bits per heavy atom. The van der Waals surface area contributed by atoms with Crippen molar-refractivity contribution in [3.05, 3.63) is 120 Å². The van der Waals surface area contributed by atoms with Gasteiger partial charge in [0.25, 0.3) is 0 Å². The molecule has 9 rings (SSSR count). The Morgan fingerprint density at radius 2 is 1.40 bits per heavy atom. The van der Waals surface area contributed by atoms with Crippen molar-refractivity contribution in [1.82, 2.24) is 30.6 Å². The quantitative estimate of drug-likeness (QED) is 0.0664. The van der Waals surface area contributed by atoms with Crippen LogP contribution in [0.15, 0.2) is 103 Å². The third kappa shape index (κ3) is 12.3. The van der Waals surface area contributed by atoms with Crippen LogP contribution >= 0.6 is 0 Å². The van der Waals surface area contributed by atoms with Crippen LogP contribution in [0.4, 0.5) is 31.6 Å². The minimum atomic E-state index is -0.967. The molecule has 4 heterocycles. The smallest absolute Gasteiger partial charge is 0.416 e. The number of benzene rings is 4. The van der Waals surface area contributed by atoms with Gasteiger partial charge in [-0.1, -0.05) is 86.6 Å². The molecule has 0 radical (unpaired) electrons. The van der Waals surface area contributed by atoms with Gasteiger partial charge in [-0.05, 0) is 112 Å². The molecule has 78 heavy (non-hydrogen) atoms. The third-order valence-electron chi connectivity index (χ3n) is 14.9. The highest BCUT2D eigenvalue weighted by Crippen LogP contribution is 2.45. The molecule has 5 aromatic rings. The van der Waals surface area contributed by atoms with Crippen molar-refractivity contribution in [3.63, 3.8) is 0 Å². The lowest BCUT2D eigenvalue weighted by Gasteiger charge is -2.53. The minimum Gasteiger partial charge on any atom is -0.467 e. The molecule has 3 N–H and O–H groups in total. The van der Waals surface area contributed by atoms with Crippen molar-refractivity contribution < 1.29 is 47.7 Å². The summed E-state index contributed by atoms with van der Waals surface area (Å²) in [7, 11) is 1.56. The summed E-state index contributed by atoms with van der Waals surface area (Å²) in [6.07, 6.45) is -0.00335. The lowest BCUT2D eigenvalue weighted by molar-refractivity contribution is -0.128. The van der Waals surface area contributed by atoms with E-state index in [2.05, 4.69) is 43.0 Å². The lowest BCUT2D eigenvalue weighted by atomic mass is 9.95. The Balaban J connectivity index is 0.817. The van der Waals surface area contributed by atoms with Gasteiger partial charge in [0, 0.05) is 63.0 Å². The number of nitrogens with one attached hydrogen (secondary N) is 3. The number of piperidine rings is 1. The molecule has 0 bridgehead atoms. The Hall–Kier alpha value is -7.77. The number of alkyl carbamates (subject to hydrolysis) is 1. The number of ether oxygens (including phenoxy) is 5. The van der Waals surface area contributed by atoms with E-state index in [9.17, 15) is 24.0 Å². The summed E-state index contributed by atoms with van der Waals surface area (Å²) in [5.41, 5.74) is 6.98. The molecule has 19 heteroatoms. The molecule has 1 aliphatic carbocycles. The van der Waals surface area contributed by atoms with Crippen LogP contribution in [-0.2, 0) is 35.1 Å². The average Bonchev–Trinajstić information content (AvgIpc) is 3.94. The van der Waals surface area contributed by atoms with E-state index in [0.29, 0.717) is 54.7 Å².